The number of imidazole rings is 1. The van der Waals surface area contributed by atoms with Crippen molar-refractivity contribution in [2.24, 2.45) is 5.73 Å². The van der Waals surface area contributed by atoms with E-state index in [9.17, 15) is 4.79 Å². The molecule has 0 unspecified atom stereocenters. The van der Waals surface area contributed by atoms with Crippen molar-refractivity contribution in [3.05, 3.63) is 46.5 Å². The molecule has 0 saturated heterocycles. The van der Waals surface area contributed by atoms with Gasteiger partial charge in [0, 0.05) is 6.54 Å². The van der Waals surface area contributed by atoms with Crippen LogP contribution in [0.15, 0.2) is 33.6 Å². The molecule has 128 valence electrons. The first kappa shape index (κ1) is 16.7. The van der Waals surface area contributed by atoms with Gasteiger partial charge in [-0.1, -0.05) is 17.3 Å². The molecule has 7 nitrogen and oxygen atoms in total. The second-order valence-electron chi connectivity index (χ2n) is 6.12. The third-order valence-electron chi connectivity index (χ3n) is 4.69. The summed E-state index contributed by atoms with van der Waals surface area (Å²) in [6.45, 7) is 2.83. The van der Waals surface area contributed by atoms with Crippen LogP contribution in [-0.2, 0) is 18.6 Å². The zero-order valence-electron chi connectivity index (χ0n) is 13.4. The van der Waals surface area contributed by atoms with Crippen molar-refractivity contribution >= 4 is 23.4 Å². The molecule has 0 bridgehead atoms. The average Bonchev–Trinajstić information content (AvgIpc) is 3.10. The van der Waals surface area contributed by atoms with Crippen LogP contribution >= 0.6 is 12.4 Å². The van der Waals surface area contributed by atoms with E-state index in [1.54, 1.807) is 9.13 Å². The van der Waals surface area contributed by atoms with Crippen LogP contribution in [0.25, 0.3) is 11.0 Å². The summed E-state index contributed by atoms with van der Waals surface area (Å²) in [7, 11) is 0. The molecule has 2 heterocycles. The second kappa shape index (κ2) is 6.07. The van der Waals surface area contributed by atoms with E-state index in [2.05, 4.69) is 10.1 Å². The van der Waals surface area contributed by atoms with E-state index in [1.807, 2.05) is 31.2 Å². The molecule has 1 aliphatic rings. The van der Waals surface area contributed by atoms with Crippen molar-refractivity contribution in [3.8, 4) is 0 Å². The zero-order chi connectivity index (χ0) is 16.0. The number of hydrogen-bond acceptors (Lipinski definition) is 5. The lowest BCUT2D eigenvalue weighted by molar-refractivity contribution is 0.229. The predicted octanol–water partition coefficient (Wildman–Crippen LogP) is 2.01. The largest absolute Gasteiger partial charge is 0.337 e. The Hall–Kier alpha value is -2.12. The Labute approximate surface area is 144 Å². The monoisotopic (exact) mass is 349 g/mol. The molecule has 4 rings (SSSR count). The van der Waals surface area contributed by atoms with Crippen LogP contribution in [0, 0.1) is 0 Å². The number of rotatable bonds is 4. The number of hydrogen-bond donors (Lipinski definition) is 1. The van der Waals surface area contributed by atoms with Crippen LogP contribution in [0.4, 0.5) is 0 Å². The molecule has 0 aliphatic heterocycles. The topological polar surface area (TPSA) is 91.9 Å². The molecule has 1 saturated carbocycles. The Kier molecular flexibility index (Phi) is 4.23. The summed E-state index contributed by atoms with van der Waals surface area (Å²) in [5.41, 5.74) is 7.47. The Morgan fingerprint density at radius 3 is 2.50 bits per heavy atom. The third-order valence-corrected chi connectivity index (χ3v) is 4.69. The van der Waals surface area contributed by atoms with Gasteiger partial charge in [0.25, 0.3) is 0 Å². The molecule has 24 heavy (non-hydrogen) atoms. The molecule has 1 aliphatic carbocycles. The Morgan fingerprint density at radius 2 is 1.92 bits per heavy atom. The molecule has 2 N–H and O–H groups in total. The fourth-order valence-electron chi connectivity index (χ4n) is 3.17. The van der Waals surface area contributed by atoms with Crippen molar-refractivity contribution in [2.45, 2.75) is 44.8 Å². The van der Waals surface area contributed by atoms with E-state index in [-0.39, 0.29) is 24.6 Å². The highest BCUT2D eigenvalue weighted by Gasteiger charge is 2.39. The molecule has 1 fully saturated rings. The highest BCUT2D eigenvalue weighted by Crippen LogP contribution is 2.36. The standard InChI is InChI=1S/C16H19N5O2.ClH/c1-2-20-11-6-3-4-7-12(11)21(15(20)22)10-13-18-14(19-23-13)16(17)8-5-9-16;/h3-4,6-7H,2,5,8-10,17H2,1H3;1H. The van der Waals surface area contributed by atoms with Crippen molar-refractivity contribution in [3.63, 3.8) is 0 Å². The quantitative estimate of drug-likeness (QED) is 0.777. The highest BCUT2D eigenvalue weighted by molar-refractivity contribution is 5.85. The number of benzene rings is 1. The minimum atomic E-state index is -0.454. The van der Waals surface area contributed by atoms with Crippen molar-refractivity contribution in [1.82, 2.24) is 19.3 Å². The second-order valence-corrected chi connectivity index (χ2v) is 6.12. The molecule has 0 spiro atoms. The van der Waals surface area contributed by atoms with Gasteiger partial charge < -0.3 is 10.3 Å². The smallest absolute Gasteiger partial charge is 0.329 e. The van der Waals surface area contributed by atoms with E-state index in [1.165, 1.54) is 0 Å². The summed E-state index contributed by atoms with van der Waals surface area (Å²) >= 11 is 0. The van der Waals surface area contributed by atoms with Gasteiger partial charge in [0.05, 0.1) is 16.6 Å². The van der Waals surface area contributed by atoms with E-state index in [0.29, 0.717) is 18.3 Å². The number of halogens is 1. The average molecular weight is 350 g/mol. The molecule has 1 aromatic carbocycles. The SMILES string of the molecule is CCn1c(=O)n(Cc2nc(C3(N)CCC3)no2)c2ccccc21.Cl. The Morgan fingerprint density at radius 1 is 1.25 bits per heavy atom. The first-order valence-electron chi connectivity index (χ1n) is 7.92. The summed E-state index contributed by atoms with van der Waals surface area (Å²) in [5, 5.41) is 4.01. The van der Waals surface area contributed by atoms with Gasteiger partial charge in [0.15, 0.2) is 5.82 Å². The number of para-hydroxylation sites is 2. The maximum Gasteiger partial charge on any atom is 0.329 e. The first-order chi connectivity index (χ1) is 11.1. The molecule has 3 aromatic rings. The molecular weight excluding hydrogens is 330 g/mol. The fourth-order valence-corrected chi connectivity index (χ4v) is 3.17. The molecule has 2 aromatic heterocycles. The van der Waals surface area contributed by atoms with Crippen LogP contribution in [-0.4, -0.2) is 19.3 Å². The van der Waals surface area contributed by atoms with Crippen molar-refractivity contribution in [1.29, 1.82) is 0 Å². The lowest BCUT2D eigenvalue weighted by atomic mass is 9.77. The van der Waals surface area contributed by atoms with E-state index < -0.39 is 5.54 Å². The normalized spacial score (nSPS) is 15.9. The van der Waals surface area contributed by atoms with E-state index in [4.69, 9.17) is 10.3 Å². The van der Waals surface area contributed by atoms with Gasteiger partial charge in [0.1, 0.15) is 6.54 Å². The molecule has 0 atom stereocenters. The minimum absolute atomic E-state index is 0. The van der Waals surface area contributed by atoms with Gasteiger partial charge >= 0.3 is 5.69 Å². The predicted molar refractivity (Wildman–Crippen MR) is 92.2 cm³/mol. The molecule has 0 radical (unpaired) electrons. The first-order valence-corrected chi connectivity index (χ1v) is 7.92. The maximum absolute atomic E-state index is 12.6. The van der Waals surface area contributed by atoms with Crippen LogP contribution in [0.3, 0.4) is 0 Å². The summed E-state index contributed by atoms with van der Waals surface area (Å²) in [4.78, 5) is 17.0. The number of nitrogens with two attached hydrogens (primary N) is 1. The lowest BCUT2D eigenvalue weighted by Gasteiger charge is -2.34. The number of nitrogens with zero attached hydrogens (tertiary/aromatic N) is 4. The van der Waals surface area contributed by atoms with Gasteiger partial charge in [-0.15, -0.1) is 12.4 Å². The van der Waals surface area contributed by atoms with E-state index in [0.717, 1.165) is 30.3 Å². The highest BCUT2D eigenvalue weighted by atomic mass is 35.5. The van der Waals surface area contributed by atoms with E-state index >= 15 is 0 Å². The van der Waals surface area contributed by atoms with Crippen LogP contribution < -0.4 is 11.4 Å². The van der Waals surface area contributed by atoms with Gasteiger partial charge in [-0.25, -0.2) is 4.79 Å². The summed E-state index contributed by atoms with van der Waals surface area (Å²) in [5.74, 6) is 0.962. The van der Waals surface area contributed by atoms with Crippen molar-refractivity contribution < 1.29 is 4.52 Å². The van der Waals surface area contributed by atoms with Crippen molar-refractivity contribution in [2.75, 3.05) is 0 Å². The summed E-state index contributed by atoms with van der Waals surface area (Å²) in [6.07, 6.45) is 2.84. The fraction of sp³-hybridized carbons (Fsp3) is 0.438. The summed E-state index contributed by atoms with van der Waals surface area (Å²) < 4.78 is 8.73. The Balaban J connectivity index is 0.00000169. The van der Waals surface area contributed by atoms with Crippen LogP contribution in [0.5, 0.6) is 0 Å². The Bertz CT molecular complexity index is 922. The van der Waals surface area contributed by atoms with Crippen LogP contribution in [0.2, 0.25) is 0 Å². The summed E-state index contributed by atoms with van der Waals surface area (Å²) in [6, 6.07) is 7.72. The minimum Gasteiger partial charge on any atom is -0.337 e. The molecular formula is C16H20ClN5O2. The zero-order valence-corrected chi connectivity index (χ0v) is 14.3. The van der Waals surface area contributed by atoms with Gasteiger partial charge in [-0.05, 0) is 38.3 Å². The van der Waals surface area contributed by atoms with Gasteiger partial charge in [-0.3, -0.25) is 9.13 Å². The molecule has 0 amide bonds. The van der Waals surface area contributed by atoms with Gasteiger partial charge in [0.2, 0.25) is 5.89 Å². The maximum atomic E-state index is 12.6. The van der Waals surface area contributed by atoms with Crippen LogP contribution in [0.1, 0.15) is 37.9 Å². The lowest BCUT2D eigenvalue weighted by Crippen LogP contribution is -2.44. The third kappa shape index (κ3) is 2.44. The number of aromatic nitrogens is 4. The number of fused-ring (bicyclic) bond motifs is 1. The van der Waals surface area contributed by atoms with Gasteiger partial charge in [-0.2, -0.15) is 4.98 Å². The number of aryl methyl sites for hydroxylation is 1. The molecule has 8 heteroatoms.